The number of primary amides is 1. The van der Waals surface area contributed by atoms with Crippen LogP contribution in [0.25, 0.3) is 10.9 Å². The maximum atomic E-state index is 13.5. The van der Waals surface area contributed by atoms with Crippen molar-refractivity contribution in [1.82, 2.24) is 19.7 Å². The number of aryl methyl sites for hydroxylation is 1. The number of rotatable bonds is 4. The van der Waals surface area contributed by atoms with Gasteiger partial charge in [-0.1, -0.05) is 11.6 Å². The minimum atomic E-state index is -0.712. The molecule has 3 rings (SSSR count). The Morgan fingerprint density at radius 3 is 2.80 bits per heavy atom. The molecular weight excluding hydrogens is 351 g/mol. The number of hydrogen-bond donors (Lipinski definition) is 3. The molecule has 1 aromatic carbocycles. The van der Waals surface area contributed by atoms with Gasteiger partial charge in [0.15, 0.2) is 0 Å². The van der Waals surface area contributed by atoms with Gasteiger partial charge in [0.25, 0.3) is 11.5 Å². The van der Waals surface area contributed by atoms with E-state index in [0.717, 1.165) is 0 Å². The SMILES string of the molecule is C[C@H](Nc1nc(C(N)=O)n(C)n1)c1cc2cc(Cl)c(F)cc2[nH]c1=O. The van der Waals surface area contributed by atoms with Gasteiger partial charge in [0.05, 0.1) is 16.6 Å². The van der Waals surface area contributed by atoms with Crippen molar-refractivity contribution in [3.63, 3.8) is 0 Å². The summed E-state index contributed by atoms with van der Waals surface area (Å²) in [5.41, 5.74) is 5.53. The summed E-state index contributed by atoms with van der Waals surface area (Å²) in [4.78, 5) is 30.1. The summed E-state index contributed by atoms with van der Waals surface area (Å²) >= 11 is 5.79. The number of amides is 1. The molecule has 0 fully saturated rings. The first kappa shape index (κ1) is 16.9. The van der Waals surface area contributed by atoms with Crippen LogP contribution in [0.5, 0.6) is 0 Å². The van der Waals surface area contributed by atoms with E-state index in [9.17, 15) is 14.0 Å². The molecule has 0 unspecified atom stereocenters. The van der Waals surface area contributed by atoms with Crippen LogP contribution in [0.2, 0.25) is 5.02 Å². The second-order valence-electron chi connectivity index (χ2n) is 5.52. The standard InChI is InChI=1S/C15H14ClFN6O2/c1-6(19-15-21-13(12(18)24)23(2)22-15)8-3-7-4-9(16)10(17)5-11(7)20-14(8)25/h3-6H,1-2H3,(H2,18,24)(H,19,22)(H,20,25)/t6-/m0/s1. The molecule has 25 heavy (non-hydrogen) atoms. The van der Waals surface area contributed by atoms with Gasteiger partial charge in [-0.3, -0.25) is 9.59 Å². The highest BCUT2D eigenvalue weighted by Crippen LogP contribution is 2.23. The van der Waals surface area contributed by atoms with Gasteiger partial charge in [-0.05, 0) is 25.1 Å². The van der Waals surface area contributed by atoms with Gasteiger partial charge < -0.3 is 16.0 Å². The molecule has 1 amide bonds. The van der Waals surface area contributed by atoms with Crippen molar-refractivity contribution < 1.29 is 9.18 Å². The molecule has 2 heterocycles. The van der Waals surface area contributed by atoms with Crippen LogP contribution in [-0.4, -0.2) is 25.7 Å². The van der Waals surface area contributed by atoms with Gasteiger partial charge in [-0.25, -0.2) is 9.07 Å². The van der Waals surface area contributed by atoms with E-state index in [-0.39, 0.29) is 22.4 Å². The Hall–Kier alpha value is -2.94. The summed E-state index contributed by atoms with van der Waals surface area (Å²) in [6, 6.07) is 3.72. The van der Waals surface area contributed by atoms with Crippen LogP contribution in [0.3, 0.4) is 0 Å². The third kappa shape index (κ3) is 3.18. The Morgan fingerprint density at radius 1 is 1.44 bits per heavy atom. The predicted octanol–water partition coefficient (Wildman–Crippen LogP) is 1.72. The lowest BCUT2D eigenvalue weighted by Crippen LogP contribution is -2.20. The second-order valence-corrected chi connectivity index (χ2v) is 5.93. The van der Waals surface area contributed by atoms with E-state index in [1.165, 1.54) is 23.9 Å². The fourth-order valence-corrected chi connectivity index (χ4v) is 2.64. The van der Waals surface area contributed by atoms with Gasteiger partial charge in [-0.2, -0.15) is 4.98 Å². The quantitative estimate of drug-likeness (QED) is 0.651. The van der Waals surface area contributed by atoms with Crippen molar-refractivity contribution in [2.45, 2.75) is 13.0 Å². The molecule has 10 heteroatoms. The molecule has 0 saturated heterocycles. The number of carbonyl (C=O) groups is 1. The van der Waals surface area contributed by atoms with Crippen molar-refractivity contribution in [3.05, 3.63) is 50.8 Å². The van der Waals surface area contributed by atoms with Gasteiger partial charge >= 0.3 is 0 Å². The number of carbonyl (C=O) groups excluding carboxylic acids is 1. The Bertz CT molecular complexity index is 1040. The lowest BCUT2D eigenvalue weighted by molar-refractivity contribution is 0.0986. The Labute approximate surface area is 145 Å². The first-order chi connectivity index (χ1) is 11.8. The van der Waals surface area contributed by atoms with Crippen molar-refractivity contribution >= 4 is 34.4 Å². The van der Waals surface area contributed by atoms with Crippen LogP contribution < -0.4 is 16.6 Å². The Kier molecular flexibility index (Phi) is 4.17. The predicted molar refractivity (Wildman–Crippen MR) is 91.1 cm³/mol. The number of nitrogens with two attached hydrogens (primary N) is 1. The molecule has 2 aromatic heterocycles. The topological polar surface area (TPSA) is 119 Å². The summed E-state index contributed by atoms with van der Waals surface area (Å²) < 4.78 is 14.8. The van der Waals surface area contributed by atoms with E-state index in [1.54, 1.807) is 13.0 Å². The minimum Gasteiger partial charge on any atom is -0.363 e. The fourth-order valence-electron chi connectivity index (χ4n) is 2.47. The molecule has 0 aliphatic carbocycles. The van der Waals surface area contributed by atoms with Crippen molar-refractivity contribution in [2.75, 3.05) is 5.32 Å². The number of benzene rings is 1. The van der Waals surface area contributed by atoms with E-state index in [2.05, 4.69) is 20.4 Å². The molecule has 4 N–H and O–H groups in total. The van der Waals surface area contributed by atoms with Gasteiger partial charge in [-0.15, -0.1) is 5.10 Å². The van der Waals surface area contributed by atoms with Gasteiger partial charge in [0, 0.05) is 18.0 Å². The number of H-pyrrole nitrogens is 1. The van der Waals surface area contributed by atoms with Crippen LogP contribution in [0.15, 0.2) is 23.0 Å². The first-order valence-corrected chi connectivity index (χ1v) is 7.63. The lowest BCUT2D eigenvalue weighted by atomic mass is 10.1. The highest BCUT2D eigenvalue weighted by atomic mass is 35.5. The molecule has 0 radical (unpaired) electrons. The van der Waals surface area contributed by atoms with Crippen molar-refractivity contribution in [2.24, 2.45) is 12.8 Å². The monoisotopic (exact) mass is 364 g/mol. The molecule has 1 atom stereocenters. The molecule has 130 valence electrons. The molecule has 0 saturated carbocycles. The number of aromatic nitrogens is 4. The number of aromatic amines is 1. The number of fused-ring (bicyclic) bond motifs is 1. The van der Waals surface area contributed by atoms with Crippen molar-refractivity contribution in [3.8, 4) is 0 Å². The highest BCUT2D eigenvalue weighted by Gasteiger charge is 2.17. The number of halogens is 2. The number of hydrogen-bond acceptors (Lipinski definition) is 5. The van der Waals surface area contributed by atoms with Crippen molar-refractivity contribution in [1.29, 1.82) is 0 Å². The first-order valence-electron chi connectivity index (χ1n) is 7.25. The fraction of sp³-hybridized carbons (Fsp3) is 0.200. The van der Waals surface area contributed by atoms with E-state index >= 15 is 0 Å². The zero-order valence-electron chi connectivity index (χ0n) is 13.3. The summed E-state index contributed by atoms with van der Waals surface area (Å²) in [6.07, 6.45) is 0. The summed E-state index contributed by atoms with van der Waals surface area (Å²) in [5.74, 6) is -1.18. The molecule has 0 aliphatic rings. The van der Waals surface area contributed by atoms with E-state index in [4.69, 9.17) is 17.3 Å². The molecular formula is C15H14ClFN6O2. The third-order valence-corrected chi connectivity index (χ3v) is 4.00. The van der Waals surface area contributed by atoms with Gasteiger partial charge in [0.1, 0.15) is 5.82 Å². The number of pyridine rings is 1. The third-order valence-electron chi connectivity index (χ3n) is 3.71. The van der Waals surface area contributed by atoms with Crippen LogP contribution in [0.4, 0.5) is 10.3 Å². The number of nitrogens with one attached hydrogen (secondary N) is 2. The number of nitrogens with zero attached hydrogens (tertiary/aromatic N) is 3. The second kappa shape index (κ2) is 6.17. The summed E-state index contributed by atoms with van der Waals surface area (Å²) in [6.45, 7) is 1.72. The van der Waals surface area contributed by atoms with Crippen LogP contribution >= 0.6 is 11.6 Å². The van der Waals surface area contributed by atoms with Gasteiger partial charge in [0.2, 0.25) is 11.8 Å². The van der Waals surface area contributed by atoms with Crippen LogP contribution in [-0.2, 0) is 7.05 Å². The number of anilines is 1. The zero-order chi connectivity index (χ0) is 18.3. The Morgan fingerprint density at radius 2 is 2.16 bits per heavy atom. The summed E-state index contributed by atoms with van der Waals surface area (Å²) in [5, 5.41) is 7.50. The minimum absolute atomic E-state index is 0.00984. The molecule has 0 bridgehead atoms. The van der Waals surface area contributed by atoms with E-state index < -0.39 is 17.8 Å². The Balaban J connectivity index is 1.96. The maximum Gasteiger partial charge on any atom is 0.286 e. The van der Waals surface area contributed by atoms with E-state index in [1.807, 2.05) is 0 Å². The zero-order valence-corrected chi connectivity index (χ0v) is 14.1. The molecule has 0 spiro atoms. The molecule has 8 nitrogen and oxygen atoms in total. The average molecular weight is 365 g/mol. The highest BCUT2D eigenvalue weighted by molar-refractivity contribution is 6.31. The van der Waals surface area contributed by atoms with E-state index in [0.29, 0.717) is 16.5 Å². The molecule has 0 aliphatic heterocycles. The molecule has 3 aromatic rings. The van der Waals surface area contributed by atoms with Crippen LogP contribution in [0.1, 0.15) is 29.1 Å². The smallest absolute Gasteiger partial charge is 0.286 e. The van der Waals surface area contributed by atoms with Crippen LogP contribution in [0, 0.1) is 5.82 Å². The summed E-state index contributed by atoms with van der Waals surface area (Å²) in [7, 11) is 1.53. The largest absolute Gasteiger partial charge is 0.363 e. The average Bonchev–Trinajstić information content (AvgIpc) is 2.89. The normalized spacial score (nSPS) is 12.3. The lowest BCUT2D eigenvalue weighted by Gasteiger charge is -2.13. The maximum absolute atomic E-state index is 13.5.